The minimum absolute atomic E-state index is 0.235. The van der Waals surface area contributed by atoms with Crippen LogP contribution in [0.3, 0.4) is 0 Å². The molecule has 12 heteroatoms. The van der Waals surface area contributed by atoms with Gasteiger partial charge in [-0.3, -0.25) is 14.3 Å². The van der Waals surface area contributed by atoms with Crippen molar-refractivity contribution in [2.45, 2.75) is 35.4 Å². The largest absolute Gasteiger partial charge is 0.470 e. The number of carbonyl (C=O) groups is 1. The monoisotopic (exact) mass is 491 g/mol. The van der Waals surface area contributed by atoms with Gasteiger partial charge in [-0.25, -0.2) is 8.96 Å². The number of pyridine rings is 1. The van der Waals surface area contributed by atoms with Gasteiger partial charge >= 0.3 is 7.82 Å². The number of nitrogens with zero attached hydrogens (tertiary/aromatic N) is 1. The number of nitrogens with two attached hydrogens (primary N) is 1. The summed E-state index contributed by atoms with van der Waals surface area (Å²) in [5.74, 6) is -0.915. The maximum Gasteiger partial charge on any atom is 0.470 e. The molecule has 0 saturated heterocycles. The Bertz CT molecular complexity index is 968. The van der Waals surface area contributed by atoms with E-state index >= 15 is 0 Å². The standard InChI is InChI=1S/C19H21Cl2FN3O5P/c20-17(21)18(26)25-14(9-22)16(30-31(27,28)29)12-3-1-11(2-4-12)13-5-6-15(24-10-13)19(23)7-8-19/h1-6,10,14,16-17H,7-9,23H2,(H,25,26)(H2,27,28,29)/t14-,16-/m1/s1. The second-order valence-electron chi connectivity index (χ2n) is 7.30. The van der Waals surface area contributed by atoms with Crippen molar-refractivity contribution in [1.82, 2.24) is 10.3 Å². The number of amides is 1. The Kier molecular flexibility index (Phi) is 7.38. The van der Waals surface area contributed by atoms with Crippen LogP contribution in [0.2, 0.25) is 0 Å². The van der Waals surface area contributed by atoms with Gasteiger partial charge in [-0.2, -0.15) is 0 Å². The van der Waals surface area contributed by atoms with Crippen LogP contribution in [0.4, 0.5) is 4.39 Å². The number of rotatable bonds is 9. The summed E-state index contributed by atoms with van der Waals surface area (Å²) in [4.78, 5) is 33.2. The van der Waals surface area contributed by atoms with E-state index in [2.05, 4.69) is 10.3 Å². The predicted octanol–water partition coefficient (Wildman–Crippen LogP) is 3.10. The molecule has 1 amide bonds. The van der Waals surface area contributed by atoms with Gasteiger partial charge in [0.15, 0.2) is 4.84 Å². The third-order valence-corrected chi connectivity index (χ3v) is 5.84. The van der Waals surface area contributed by atoms with Gasteiger partial charge in [-0.1, -0.05) is 53.5 Å². The van der Waals surface area contributed by atoms with Gasteiger partial charge in [0.25, 0.3) is 5.91 Å². The van der Waals surface area contributed by atoms with E-state index in [1.165, 1.54) is 12.1 Å². The molecule has 0 bridgehead atoms. The minimum atomic E-state index is -5.01. The van der Waals surface area contributed by atoms with Crippen molar-refractivity contribution in [2.24, 2.45) is 5.73 Å². The zero-order valence-corrected chi connectivity index (χ0v) is 18.5. The van der Waals surface area contributed by atoms with E-state index in [1.54, 1.807) is 18.3 Å². The molecule has 0 aliphatic heterocycles. The summed E-state index contributed by atoms with van der Waals surface area (Å²) in [6, 6.07) is 8.68. The maximum atomic E-state index is 13.6. The molecule has 8 nitrogen and oxygen atoms in total. The lowest BCUT2D eigenvalue weighted by atomic mass is 9.99. The zero-order chi connectivity index (χ0) is 22.8. The number of carbonyl (C=O) groups excluding carboxylic acids is 1. The fourth-order valence-electron chi connectivity index (χ4n) is 3.07. The second kappa shape index (κ2) is 9.50. The number of hydrogen-bond acceptors (Lipinski definition) is 5. The first-order valence-electron chi connectivity index (χ1n) is 9.26. The summed E-state index contributed by atoms with van der Waals surface area (Å²) in [5.41, 5.74) is 8.42. The summed E-state index contributed by atoms with van der Waals surface area (Å²) in [5, 5.41) is 2.19. The molecule has 1 aromatic carbocycles. The Labute approximate surface area is 188 Å². The third-order valence-electron chi connectivity index (χ3n) is 4.94. The highest BCUT2D eigenvalue weighted by atomic mass is 35.5. The molecule has 1 heterocycles. The molecular formula is C19H21Cl2FN3O5P. The Morgan fingerprint density at radius 1 is 1.23 bits per heavy atom. The predicted molar refractivity (Wildman–Crippen MR) is 114 cm³/mol. The van der Waals surface area contributed by atoms with Crippen LogP contribution in [0.1, 0.15) is 30.2 Å². The molecule has 5 N–H and O–H groups in total. The van der Waals surface area contributed by atoms with E-state index in [-0.39, 0.29) is 11.1 Å². The fourth-order valence-corrected chi connectivity index (χ4v) is 3.76. The summed E-state index contributed by atoms with van der Waals surface area (Å²) < 4.78 is 29.8. The van der Waals surface area contributed by atoms with Crippen LogP contribution in [0, 0.1) is 0 Å². The molecule has 1 aromatic heterocycles. The highest BCUT2D eigenvalue weighted by Gasteiger charge is 2.41. The van der Waals surface area contributed by atoms with Gasteiger partial charge in [-0.05, 0) is 30.0 Å². The maximum absolute atomic E-state index is 13.6. The van der Waals surface area contributed by atoms with Gasteiger partial charge < -0.3 is 20.8 Å². The number of phosphoric ester groups is 1. The van der Waals surface area contributed by atoms with Crippen molar-refractivity contribution < 1.29 is 28.1 Å². The van der Waals surface area contributed by atoms with Crippen LogP contribution in [-0.4, -0.2) is 38.2 Å². The first-order valence-corrected chi connectivity index (χ1v) is 11.7. The topological polar surface area (TPSA) is 135 Å². The van der Waals surface area contributed by atoms with Crippen LogP contribution < -0.4 is 11.1 Å². The molecule has 31 heavy (non-hydrogen) atoms. The van der Waals surface area contributed by atoms with E-state index in [0.717, 1.165) is 29.7 Å². The molecule has 1 aliphatic carbocycles. The van der Waals surface area contributed by atoms with Crippen molar-refractivity contribution >= 4 is 36.9 Å². The molecule has 2 atom stereocenters. The molecular weight excluding hydrogens is 471 g/mol. The van der Waals surface area contributed by atoms with E-state index in [4.69, 9.17) is 33.5 Å². The summed E-state index contributed by atoms with van der Waals surface area (Å²) in [7, 11) is -5.01. The smallest absolute Gasteiger partial charge is 0.345 e. The molecule has 1 fully saturated rings. The molecule has 0 spiro atoms. The third kappa shape index (κ3) is 6.23. The van der Waals surface area contributed by atoms with Crippen LogP contribution in [0.15, 0.2) is 42.6 Å². The number of hydrogen-bond donors (Lipinski definition) is 4. The van der Waals surface area contributed by atoms with E-state index in [0.29, 0.717) is 0 Å². The van der Waals surface area contributed by atoms with Gasteiger partial charge in [0.05, 0.1) is 17.3 Å². The normalized spacial score (nSPS) is 17.3. The fraction of sp³-hybridized carbons (Fsp3) is 0.368. The molecule has 168 valence electrons. The SMILES string of the molecule is NC1(c2ccc(-c3ccc([C@@H](OP(=O)(O)O)[C@@H](CF)NC(=O)C(Cl)Cl)cc3)cn2)CC1. The first kappa shape index (κ1) is 24.1. The van der Waals surface area contributed by atoms with Crippen LogP contribution >= 0.6 is 31.0 Å². The van der Waals surface area contributed by atoms with Crippen molar-refractivity contribution in [2.75, 3.05) is 6.67 Å². The Hall–Kier alpha value is -1.58. The lowest BCUT2D eigenvalue weighted by molar-refractivity contribution is -0.121. The second-order valence-corrected chi connectivity index (χ2v) is 9.59. The number of halogens is 3. The van der Waals surface area contributed by atoms with Crippen molar-refractivity contribution in [1.29, 1.82) is 0 Å². The lowest BCUT2D eigenvalue weighted by Gasteiger charge is -2.27. The number of nitrogens with one attached hydrogen (secondary N) is 1. The molecule has 0 radical (unpaired) electrons. The summed E-state index contributed by atoms with van der Waals surface area (Å²) in [6.07, 6.45) is 2.00. The van der Waals surface area contributed by atoms with Gasteiger partial charge in [0.2, 0.25) is 0 Å². The highest BCUT2D eigenvalue weighted by molar-refractivity contribution is 7.46. The quantitative estimate of drug-likeness (QED) is 0.312. The average molecular weight is 492 g/mol. The molecule has 1 aliphatic rings. The van der Waals surface area contributed by atoms with Crippen LogP contribution in [0.5, 0.6) is 0 Å². The van der Waals surface area contributed by atoms with E-state index < -0.39 is 37.4 Å². The Morgan fingerprint density at radius 2 is 1.84 bits per heavy atom. The molecule has 1 saturated carbocycles. The van der Waals surface area contributed by atoms with Crippen LogP contribution in [0.25, 0.3) is 11.1 Å². The zero-order valence-electron chi connectivity index (χ0n) is 16.1. The summed E-state index contributed by atoms with van der Waals surface area (Å²) >= 11 is 10.9. The van der Waals surface area contributed by atoms with Gasteiger partial charge in [0.1, 0.15) is 12.8 Å². The molecule has 3 rings (SSSR count). The van der Waals surface area contributed by atoms with Crippen molar-refractivity contribution in [3.05, 3.63) is 53.9 Å². The van der Waals surface area contributed by atoms with Crippen molar-refractivity contribution in [3.8, 4) is 11.1 Å². The van der Waals surface area contributed by atoms with Gasteiger partial charge in [0, 0.05) is 11.8 Å². The Morgan fingerprint density at radius 3 is 2.29 bits per heavy atom. The van der Waals surface area contributed by atoms with Crippen LogP contribution in [-0.2, 0) is 19.4 Å². The highest BCUT2D eigenvalue weighted by Crippen LogP contribution is 2.44. The van der Waals surface area contributed by atoms with Crippen molar-refractivity contribution in [3.63, 3.8) is 0 Å². The average Bonchev–Trinajstić information content (AvgIpc) is 3.48. The first-order chi connectivity index (χ1) is 14.5. The number of alkyl halides is 3. The van der Waals surface area contributed by atoms with E-state index in [9.17, 15) is 23.5 Å². The minimum Gasteiger partial charge on any atom is -0.345 e. The van der Waals surface area contributed by atoms with E-state index in [1.807, 2.05) is 12.1 Å². The van der Waals surface area contributed by atoms with Gasteiger partial charge in [-0.15, -0.1) is 0 Å². The molecule has 2 aromatic rings. The Balaban J connectivity index is 1.84. The molecule has 0 unspecified atom stereocenters. The number of aromatic nitrogens is 1. The number of phosphoric acid groups is 1. The number of benzene rings is 1. The lowest BCUT2D eigenvalue weighted by Crippen LogP contribution is -2.43. The summed E-state index contributed by atoms with van der Waals surface area (Å²) in [6.45, 7) is -1.18.